The van der Waals surface area contributed by atoms with Gasteiger partial charge in [-0.1, -0.05) is 114 Å². The normalized spacial score (nSPS) is 21.1. The lowest BCUT2D eigenvalue weighted by atomic mass is 9.76. The van der Waals surface area contributed by atoms with Crippen LogP contribution in [0.5, 0.6) is 0 Å². The van der Waals surface area contributed by atoms with Crippen LogP contribution in [0, 0.1) is 6.92 Å². The van der Waals surface area contributed by atoms with Crippen molar-refractivity contribution < 1.29 is 4.84 Å². The Bertz CT molecular complexity index is 1280. The van der Waals surface area contributed by atoms with E-state index >= 15 is 0 Å². The molecule has 0 spiro atoms. The van der Waals surface area contributed by atoms with Crippen molar-refractivity contribution >= 4 is 11.4 Å². The molecule has 0 saturated heterocycles. The highest BCUT2D eigenvalue weighted by molar-refractivity contribution is 6.07. The van der Waals surface area contributed by atoms with Gasteiger partial charge in [0.1, 0.15) is 0 Å². The number of fused-ring (bicyclic) bond motifs is 3. The van der Waals surface area contributed by atoms with E-state index in [1.54, 1.807) is 0 Å². The first-order valence-corrected chi connectivity index (χ1v) is 11.5. The Morgan fingerprint density at radius 3 is 2.18 bits per heavy atom. The molecule has 0 saturated carbocycles. The first-order chi connectivity index (χ1) is 16.3. The van der Waals surface area contributed by atoms with Gasteiger partial charge in [0.15, 0.2) is 6.10 Å². The Labute approximate surface area is 195 Å². The molecule has 4 aromatic carbocycles. The zero-order valence-corrected chi connectivity index (χ0v) is 18.6. The zero-order chi connectivity index (χ0) is 22.2. The van der Waals surface area contributed by atoms with Crippen molar-refractivity contribution in [3.8, 4) is 0 Å². The van der Waals surface area contributed by atoms with Gasteiger partial charge >= 0.3 is 0 Å². The second kappa shape index (κ2) is 8.25. The van der Waals surface area contributed by atoms with E-state index in [0.717, 1.165) is 17.8 Å². The predicted molar refractivity (Wildman–Crippen MR) is 134 cm³/mol. The van der Waals surface area contributed by atoms with E-state index in [-0.39, 0.29) is 18.1 Å². The standard InChI is InChI=1S/C30H26N2O/c1-21-16-18-23(19-17-21)28-27-25-14-8-9-15-26(25)32(20-22-10-4-2-5-11-22)29(30(27)33-31-28)24-12-6-3-7-13-24/h2-19,27,29-30H,20H2,1H3/t27-,29-,30+/m1/s1. The maximum absolute atomic E-state index is 6.29. The summed E-state index contributed by atoms with van der Waals surface area (Å²) in [6, 6.07) is 38.8. The van der Waals surface area contributed by atoms with Crippen molar-refractivity contribution in [2.24, 2.45) is 5.16 Å². The molecule has 0 amide bonds. The molecule has 0 bridgehead atoms. The largest absolute Gasteiger partial charge is 0.389 e. The smallest absolute Gasteiger partial charge is 0.164 e. The molecule has 0 aromatic heterocycles. The quantitative estimate of drug-likeness (QED) is 0.362. The fraction of sp³-hybridized carbons (Fsp3) is 0.167. The summed E-state index contributed by atoms with van der Waals surface area (Å²) in [5.74, 6) is 0.0844. The predicted octanol–water partition coefficient (Wildman–Crippen LogP) is 6.64. The second-order valence-corrected chi connectivity index (χ2v) is 8.92. The molecule has 0 fully saturated rings. The summed E-state index contributed by atoms with van der Waals surface area (Å²) in [5, 5.41) is 4.69. The lowest BCUT2D eigenvalue weighted by Crippen LogP contribution is -2.44. The van der Waals surface area contributed by atoms with Gasteiger partial charge in [0.05, 0.1) is 17.7 Å². The second-order valence-electron chi connectivity index (χ2n) is 8.92. The highest BCUT2D eigenvalue weighted by Gasteiger charge is 2.49. The number of nitrogens with zero attached hydrogens (tertiary/aromatic N) is 2. The van der Waals surface area contributed by atoms with Crippen molar-refractivity contribution in [2.45, 2.75) is 31.5 Å². The number of rotatable bonds is 4. The fourth-order valence-corrected chi connectivity index (χ4v) is 5.23. The van der Waals surface area contributed by atoms with Crippen LogP contribution in [0.4, 0.5) is 5.69 Å². The molecule has 6 rings (SSSR count). The minimum atomic E-state index is -0.0951. The molecule has 2 aliphatic heterocycles. The molecule has 2 heterocycles. The van der Waals surface area contributed by atoms with Crippen LogP contribution in [0.3, 0.4) is 0 Å². The van der Waals surface area contributed by atoms with Crippen LogP contribution in [0.2, 0.25) is 0 Å². The summed E-state index contributed by atoms with van der Waals surface area (Å²) in [4.78, 5) is 8.79. The molecule has 3 atom stereocenters. The van der Waals surface area contributed by atoms with Crippen molar-refractivity contribution in [1.82, 2.24) is 0 Å². The number of hydrogen-bond acceptors (Lipinski definition) is 3. The van der Waals surface area contributed by atoms with Crippen molar-refractivity contribution in [3.05, 3.63) is 137 Å². The monoisotopic (exact) mass is 430 g/mol. The molecule has 33 heavy (non-hydrogen) atoms. The number of anilines is 1. The van der Waals surface area contributed by atoms with Crippen molar-refractivity contribution in [3.63, 3.8) is 0 Å². The van der Waals surface area contributed by atoms with Gasteiger partial charge < -0.3 is 9.74 Å². The third-order valence-electron chi connectivity index (χ3n) is 6.81. The summed E-state index contributed by atoms with van der Waals surface area (Å²) < 4.78 is 0. The number of para-hydroxylation sites is 1. The molecule has 2 aliphatic rings. The maximum Gasteiger partial charge on any atom is 0.164 e. The molecular weight excluding hydrogens is 404 g/mol. The molecular formula is C30H26N2O. The average Bonchev–Trinajstić information content (AvgIpc) is 3.31. The number of aryl methyl sites for hydroxylation is 1. The highest BCUT2D eigenvalue weighted by Crippen LogP contribution is 2.50. The summed E-state index contributed by atoms with van der Waals surface area (Å²) in [5.41, 5.74) is 8.46. The van der Waals surface area contributed by atoms with E-state index in [9.17, 15) is 0 Å². The summed E-state index contributed by atoms with van der Waals surface area (Å²) >= 11 is 0. The molecule has 0 N–H and O–H groups in total. The molecule has 0 aliphatic carbocycles. The van der Waals surface area contributed by atoms with E-state index < -0.39 is 0 Å². The highest BCUT2D eigenvalue weighted by atomic mass is 16.6. The van der Waals surface area contributed by atoms with E-state index in [1.165, 1.54) is 27.9 Å². The minimum Gasteiger partial charge on any atom is -0.389 e. The average molecular weight is 431 g/mol. The zero-order valence-electron chi connectivity index (χ0n) is 18.6. The number of hydrogen-bond donors (Lipinski definition) is 0. The minimum absolute atomic E-state index is 0.0537. The summed E-state index contributed by atoms with van der Waals surface area (Å²) in [6.45, 7) is 2.92. The lowest BCUT2D eigenvalue weighted by molar-refractivity contribution is 0.0497. The van der Waals surface area contributed by atoms with Crippen LogP contribution >= 0.6 is 0 Å². The first kappa shape index (κ1) is 19.8. The summed E-state index contributed by atoms with van der Waals surface area (Å²) in [6.07, 6.45) is -0.0951. The molecule has 3 heteroatoms. The topological polar surface area (TPSA) is 24.8 Å². The molecule has 0 unspecified atom stereocenters. The van der Waals surface area contributed by atoms with Gasteiger partial charge in [0.25, 0.3) is 0 Å². The van der Waals surface area contributed by atoms with E-state index in [2.05, 4.69) is 126 Å². The van der Waals surface area contributed by atoms with Crippen LogP contribution in [-0.2, 0) is 11.4 Å². The Balaban J connectivity index is 1.50. The summed E-state index contributed by atoms with van der Waals surface area (Å²) in [7, 11) is 0. The maximum atomic E-state index is 6.29. The van der Waals surface area contributed by atoms with Gasteiger partial charge in [0, 0.05) is 17.8 Å². The molecule has 4 aromatic rings. The molecule has 3 nitrogen and oxygen atoms in total. The van der Waals surface area contributed by atoms with Crippen molar-refractivity contribution in [1.29, 1.82) is 0 Å². The molecule has 0 radical (unpaired) electrons. The van der Waals surface area contributed by atoms with E-state index in [4.69, 9.17) is 4.84 Å². The van der Waals surface area contributed by atoms with Crippen LogP contribution in [0.15, 0.2) is 114 Å². The Morgan fingerprint density at radius 1 is 0.758 bits per heavy atom. The fourth-order valence-electron chi connectivity index (χ4n) is 5.23. The first-order valence-electron chi connectivity index (χ1n) is 11.5. The van der Waals surface area contributed by atoms with Crippen LogP contribution in [-0.4, -0.2) is 11.8 Å². The van der Waals surface area contributed by atoms with Crippen molar-refractivity contribution in [2.75, 3.05) is 4.90 Å². The molecule has 162 valence electrons. The number of oxime groups is 1. The van der Waals surface area contributed by atoms with E-state index in [1.807, 2.05) is 0 Å². The van der Waals surface area contributed by atoms with Crippen LogP contribution in [0.1, 0.15) is 39.8 Å². The van der Waals surface area contributed by atoms with Crippen LogP contribution < -0.4 is 4.90 Å². The lowest BCUT2D eigenvalue weighted by Gasteiger charge is -2.44. The van der Waals surface area contributed by atoms with Crippen LogP contribution in [0.25, 0.3) is 0 Å². The van der Waals surface area contributed by atoms with Gasteiger partial charge in [0.2, 0.25) is 0 Å². The number of benzene rings is 4. The Kier molecular flexibility index (Phi) is 4.95. The van der Waals surface area contributed by atoms with E-state index in [0.29, 0.717) is 0 Å². The Hall–Kier alpha value is -3.85. The van der Waals surface area contributed by atoms with Gasteiger partial charge in [-0.25, -0.2) is 0 Å². The third-order valence-corrected chi connectivity index (χ3v) is 6.81. The SMILES string of the molecule is Cc1ccc(C2=NO[C@@H]3[C@@H](c4ccccc4)N(Cc4ccccc4)c4ccccc4[C@H]23)cc1. The Morgan fingerprint density at radius 2 is 1.42 bits per heavy atom. The van der Waals surface area contributed by atoms with Gasteiger partial charge in [-0.3, -0.25) is 0 Å². The van der Waals surface area contributed by atoms with Gasteiger partial charge in [-0.05, 0) is 29.7 Å². The third kappa shape index (κ3) is 3.50. The van der Waals surface area contributed by atoms with Gasteiger partial charge in [-0.2, -0.15) is 0 Å². The van der Waals surface area contributed by atoms with Gasteiger partial charge in [-0.15, -0.1) is 0 Å².